The minimum atomic E-state index is -4.39. The molecule has 10 heteroatoms. The second-order valence-electron chi connectivity index (χ2n) is 8.93. The summed E-state index contributed by atoms with van der Waals surface area (Å²) in [4.78, 5) is 31.8. The van der Waals surface area contributed by atoms with Crippen LogP contribution in [0.25, 0.3) is 0 Å². The third kappa shape index (κ3) is 5.90. The van der Waals surface area contributed by atoms with E-state index in [0.29, 0.717) is 56.2 Å². The van der Waals surface area contributed by atoms with Crippen LogP contribution in [0, 0.1) is 0 Å². The fraction of sp³-hybridized carbons (Fsp3) is 0.407. The molecule has 0 radical (unpaired) electrons. The monoisotopic (exact) mass is 516 g/mol. The summed E-state index contributed by atoms with van der Waals surface area (Å²) in [5, 5.41) is 2.95. The van der Waals surface area contributed by atoms with Crippen molar-refractivity contribution in [2.24, 2.45) is 0 Å². The first kappa shape index (κ1) is 26.5. The van der Waals surface area contributed by atoms with Gasteiger partial charge in [0.15, 0.2) is 0 Å². The highest BCUT2D eigenvalue weighted by Gasteiger charge is 2.38. The van der Waals surface area contributed by atoms with Gasteiger partial charge in [0, 0.05) is 50.7 Å². The number of piperazine rings is 1. The molecule has 0 unspecified atom stereocenters. The average Bonchev–Trinajstić information content (AvgIpc) is 2.89. The van der Waals surface area contributed by atoms with Crippen LogP contribution in [0.15, 0.2) is 65.9 Å². The van der Waals surface area contributed by atoms with Crippen molar-refractivity contribution in [3.05, 3.63) is 77.0 Å². The molecule has 2 heterocycles. The Morgan fingerprint density at radius 1 is 1.03 bits per heavy atom. The molecule has 1 fully saturated rings. The lowest BCUT2D eigenvalue weighted by Gasteiger charge is -2.41. The summed E-state index contributed by atoms with van der Waals surface area (Å²) in [7, 11) is 0. The van der Waals surface area contributed by atoms with Gasteiger partial charge in [-0.1, -0.05) is 36.4 Å². The number of rotatable bonds is 7. The fourth-order valence-corrected chi connectivity index (χ4v) is 4.81. The number of hydrogen-bond donors (Lipinski definition) is 1. The van der Waals surface area contributed by atoms with Gasteiger partial charge in [0.1, 0.15) is 0 Å². The minimum Gasteiger partial charge on any atom is -0.463 e. The maximum absolute atomic E-state index is 13.2. The van der Waals surface area contributed by atoms with Crippen LogP contribution in [0.5, 0.6) is 0 Å². The number of halogens is 3. The molecule has 1 atom stereocenters. The molecule has 198 valence electrons. The number of nitrogens with zero attached hydrogens (tertiary/aromatic N) is 3. The molecule has 0 aromatic heterocycles. The van der Waals surface area contributed by atoms with Gasteiger partial charge in [0.25, 0.3) is 0 Å². The van der Waals surface area contributed by atoms with Crippen molar-refractivity contribution in [2.75, 3.05) is 50.8 Å². The topological polar surface area (TPSA) is 65.1 Å². The number of alkyl halides is 3. The van der Waals surface area contributed by atoms with E-state index in [1.165, 1.54) is 12.1 Å². The Morgan fingerprint density at radius 3 is 2.35 bits per heavy atom. The summed E-state index contributed by atoms with van der Waals surface area (Å²) >= 11 is 0. The Labute approximate surface area is 214 Å². The first-order valence-corrected chi connectivity index (χ1v) is 12.4. The SMILES string of the molecule is CCOC(=O)C1=C(CN2CCN(c3cccc(C(F)(F)F)c3)CC2)N(CC)C(=O)N[C@@H]1c1ccccc1. The van der Waals surface area contributed by atoms with E-state index in [4.69, 9.17) is 4.74 Å². The van der Waals surface area contributed by atoms with Gasteiger partial charge in [-0.3, -0.25) is 9.80 Å². The van der Waals surface area contributed by atoms with E-state index in [2.05, 4.69) is 10.2 Å². The van der Waals surface area contributed by atoms with Crippen LogP contribution >= 0.6 is 0 Å². The molecule has 4 rings (SSSR count). The third-order valence-electron chi connectivity index (χ3n) is 6.67. The van der Waals surface area contributed by atoms with Crippen molar-refractivity contribution in [3.63, 3.8) is 0 Å². The summed E-state index contributed by atoms with van der Waals surface area (Å²) in [6.45, 7) is 6.65. The highest BCUT2D eigenvalue weighted by Crippen LogP contribution is 2.33. The van der Waals surface area contributed by atoms with Gasteiger partial charge >= 0.3 is 18.2 Å². The van der Waals surface area contributed by atoms with E-state index in [1.54, 1.807) is 17.9 Å². The van der Waals surface area contributed by atoms with Gasteiger partial charge in [-0.2, -0.15) is 13.2 Å². The van der Waals surface area contributed by atoms with E-state index < -0.39 is 23.8 Å². The number of ether oxygens (including phenoxy) is 1. The second-order valence-corrected chi connectivity index (χ2v) is 8.93. The standard InChI is InChI=1S/C27H31F3N4O3/c1-3-34-22(23(25(35)37-4-2)24(31-26(34)36)19-9-6-5-7-10-19)18-32-13-15-33(16-14-32)21-12-8-11-20(17-21)27(28,29)30/h5-12,17,24H,3-4,13-16,18H2,1-2H3,(H,31,36)/t24-/m1/s1. The number of carbonyl (C=O) groups excluding carboxylic acids is 2. The van der Waals surface area contributed by atoms with Gasteiger partial charge in [0.2, 0.25) is 0 Å². The largest absolute Gasteiger partial charge is 0.463 e. The van der Waals surface area contributed by atoms with Crippen LogP contribution in [0.1, 0.15) is 31.0 Å². The number of amides is 2. The fourth-order valence-electron chi connectivity index (χ4n) is 4.81. The van der Waals surface area contributed by atoms with Crippen LogP contribution in [-0.4, -0.2) is 67.7 Å². The predicted molar refractivity (Wildman–Crippen MR) is 134 cm³/mol. The van der Waals surface area contributed by atoms with Gasteiger partial charge in [-0.05, 0) is 37.6 Å². The smallest absolute Gasteiger partial charge is 0.416 e. The van der Waals surface area contributed by atoms with E-state index >= 15 is 0 Å². The van der Waals surface area contributed by atoms with E-state index in [9.17, 15) is 22.8 Å². The first-order chi connectivity index (χ1) is 17.7. The summed E-state index contributed by atoms with van der Waals surface area (Å²) in [5.74, 6) is -0.479. The van der Waals surface area contributed by atoms with Crippen molar-refractivity contribution < 1.29 is 27.5 Å². The molecule has 0 spiro atoms. The molecule has 0 bridgehead atoms. The zero-order chi connectivity index (χ0) is 26.6. The van der Waals surface area contributed by atoms with E-state index in [0.717, 1.165) is 11.6 Å². The summed E-state index contributed by atoms with van der Waals surface area (Å²) in [5.41, 5.74) is 1.62. The van der Waals surface area contributed by atoms with Crippen molar-refractivity contribution in [3.8, 4) is 0 Å². The van der Waals surface area contributed by atoms with Crippen LogP contribution in [-0.2, 0) is 15.7 Å². The summed E-state index contributed by atoms with van der Waals surface area (Å²) in [6, 6.07) is 13.7. The lowest BCUT2D eigenvalue weighted by molar-refractivity contribution is -0.139. The van der Waals surface area contributed by atoms with Crippen molar-refractivity contribution in [2.45, 2.75) is 26.1 Å². The molecule has 0 saturated carbocycles. The molecule has 2 amide bonds. The Hall–Kier alpha value is -3.53. The first-order valence-electron chi connectivity index (χ1n) is 12.4. The molecule has 37 heavy (non-hydrogen) atoms. The third-order valence-corrected chi connectivity index (χ3v) is 6.67. The molecule has 1 N–H and O–H groups in total. The number of urea groups is 1. The van der Waals surface area contributed by atoms with Gasteiger partial charge in [-0.25, -0.2) is 9.59 Å². The molecular formula is C27H31F3N4O3. The number of carbonyl (C=O) groups is 2. The Morgan fingerprint density at radius 2 is 1.73 bits per heavy atom. The highest BCUT2D eigenvalue weighted by atomic mass is 19.4. The molecule has 2 aromatic rings. The molecule has 2 aliphatic rings. The van der Waals surface area contributed by atoms with E-state index in [-0.39, 0.29) is 12.6 Å². The maximum atomic E-state index is 13.2. The number of likely N-dealkylation sites (N-methyl/N-ethyl adjacent to an activating group) is 1. The second kappa shape index (κ2) is 11.2. The number of benzene rings is 2. The molecular weight excluding hydrogens is 485 g/mol. The molecule has 2 aliphatic heterocycles. The number of esters is 1. The molecule has 1 saturated heterocycles. The average molecular weight is 517 g/mol. The number of anilines is 1. The zero-order valence-corrected chi connectivity index (χ0v) is 20.9. The highest BCUT2D eigenvalue weighted by molar-refractivity contribution is 5.95. The number of hydrogen-bond acceptors (Lipinski definition) is 5. The van der Waals surface area contributed by atoms with E-state index in [1.807, 2.05) is 42.2 Å². The predicted octanol–water partition coefficient (Wildman–Crippen LogP) is 4.43. The number of nitrogens with one attached hydrogen (secondary N) is 1. The van der Waals surface area contributed by atoms with Gasteiger partial charge in [0.05, 0.1) is 23.8 Å². The Kier molecular flexibility index (Phi) is 8.06. The van der Waals surface area contributed by atoms with Crippen molar-refractivity contribution in [1.82, 2.24) is 15.1 Å². The summed E-state index contributed by atoms with van der Waals surface area (Å²) in [6.07, 6.45) is -4.39. The van der Waals surface area contributed by atoms with Crippen molar-refractivity contribution in [1.29, 1.82) is 0 Å². The maximum Gasteiger partial charge on any atom is 0.416 e. The van der Waals surface area contributed by atoms with Crippen LogP contribution < -0.4 is 10.2 Å². The Bertz CT molecular complexity index is 1150. The minimum absolute atomic E-state index is 0.201. The zero-order valence-electron chi connectivity index (χ0n) is 20.9. The molecule has 0 aliphatic carbocycles. The quantitative estimate of drug-likeness (QED) is 0.552. The lowest BCUT2D eigenvalue weighted by Crippen LogP contribution is -2.53. The van der Waals surface area contributed by atoms with Crippen LogP contribution in [0.3, 0.4) is 0 Å². The van der Waals surface area contributed by atoms with Gasteiger partial charge < -0.3 is 15.0 Å². The van der Waals surface area contributed by atoms with Crippen LogP contribution in [0.2, 0.25) is 0 Å². The lowest BCUT2D eigenvalue weighted by atomic mass is 9.94. The Balaban J connectivity index is 1.58. The van der Waals surface area contributed by atoms with Gasteiger partial charge in [-0.15, -0.1) is 0 Å². The normalized spacial score (nSPS) is 19.2. The van der Waals surface area contributed by atoms with Crippen LogP contribution in [0.4, 0.5) is 23.7 Å². The summed E-state index contributed by atoms with van der Waals surface area (Å²) < 4.78 is 44.9. The molecule has 7 nitrogen and oxygen atoms in total. The van der Waals surface area contributed by atoms with Crippen molar-refractivity contribution >= 4 is 17.7 Å². The molecule has 2 aromatic carbocycles.